The van der Waals surface area contributed by atoms with Gasteiger partial charge in [-0.05, 0) is 31.2 Å². The van der Waals surface area contributed by atoms with E-state index in [2.05, 4.69) is 20.5 Å². The van der Waals surface area contributed by atoms with Crippen LogP contribution in [0.1, 0.15) is 12.5 Å². The molecule has 0 saturated carbocycles. The van der Waals surface area contributed by atoms with Crippen molar-refractivity contribution in [1.82, 2.24) is 15.4 Å². The topological polar surface area (TPSA) is 88.6 Å². The number of rotatable bonds is 8. The number of amides is 1. The van der Waals surface area contributed by atoms with Crippen LogP contribution in [0, 0.1) is 0 Å². The number of hydrogen-bond donors (Lipinski definition) is 2. The normalized spacial score (nSPS) is 11.0. The number of ether oxygens (including phenoxy) is 2. The van der Waals surface area contributed by atoms with Gasteiger partial charge in [0, 0.05) is 5.56 Å². The van der Waals surface area contributed by atoms with Crippen LogP contribution in [0.2, 0.25) is 0 Å². The number of aromatic nitrogens is 2. The van der Waals surface area contributed by atoms with E-state index in [0.29, 0.717) is 23.3 Å². The molecular weight excluding hydrogens is 364 g/mol. The van der Waals surface area contributed by atoms with Crippen molar-refractivity contribution in [1.29, 1.82) is 0 Å². The Balaban J connectivity index is 1.57. The molecule has 1 heterocycles. The van der Waals surface area contributed by atoms with E-state index < -0.39 is 0 Å². The van der Waals surface area contributed by atoms with Gasteiger partial charge in [0.2, 0.25) is 0 Å². The molecule has 0 saturated heterocycles. The van der Waals surface area contributed by atoms with Crippen LogP contribution >= 0.6 is 11.8 Å². The Morgan fingerprint density at radius 1 is 1.30 bits per heavy atom. The van der Waals surface area contributed by atoms with E-state index in [1.807, 2.05) is 49.4 Å². The average Bonchev–Trinajstić information content (AvgIpc) is 3.10. The zero-order valence-electron chi connectivity index (χ0n) is 15.1. The maximum Gasteiger partial charge on any atom is 0.250 e. The highest BCUT2D eigenvalue weighted by Gasteiger charge is 2.09. The Labute approximate surface area is 161 Å². The highest BCUT2D eigenvalue weighted by atomic mass is 32.2. The van der Waals surface area contributed by atoms with Crippen LogP contribution in [-0.4, -0.2) is 41.6 Å². The lowest BCUT2D eigenvalue weighted by Crippen LogP contribution is -2.19. The van der Waals surface area contributed by atoms with Crippen molar-refractivity contribution < 1.29 is 14.3 Å². The number of imidazole rings is 1. The number of H-pyrrole nitrogens is 1. The smallest absolute Gasteiger partial charge is 0.250 e. The van der Waals surface area contributed by atoms with Crippen LogP contribution in [0.15, 0.2) is 52.7 Å². The van der Waals surface area contributed by atoms with Gasteiger partial charge in [0.25, 0.3) is 5.91 Å². The first kappa shape index (κ1) is 18.8. The van der Waals surface area contributed by atoms with E-state index in [-0.39, 0.29) is 11.7 Å². The average molecular weight is 384 g/mol. The number of hydrogen-bond acceptors (Lipinski definition) is 6. The molecule has 140 valence electrons. The third kappa shape index (κ3) is 4.79. The lowest BCUT2D eigenvalue weighted by molar-refractivity contribution is -0.118. The van der Waals surface area contributed by atoms with E-state index in [9.17, 15) is 4.79 Å². The second-order valence-corrected chi connectivity index (χ2v) is 6.42. The number of fused-ring (bicyclic) bond motifs is 1. The quantitative estimate of drug-likeness (QED) is 0.354. The van der Waals surface area contributed by atoms with Gasteiger partial charge >= 0.3 is 0 Å². The van der Waals surface area contributed by atoms with Crippen molar-refractivity contribution in [3.8, 4) is 11.5 Å². The van der Waals surface area contributed by atoms with Gasteiger partial charge in [-0.15, -0.1) is 0 Å². The highest BCUT2D eigenvalue weighted by Crippen LogP contribution is 2.29. The van der Waals surface area contributed by atoms with Crippen molar-refractivity contribution in [2.24, 2.45) is 5.10 Å². The predicted octanol–water partition coefficient (Wildman–Crippen LogP) is 3.21. The van der Waals surface area contributed by atoms with Crippen LogP contribution in [0.4, 0.5) is 0 Å². The van der Waals surface area contributed by atoms with Gasteiger partial charge in [0.05, 0.1) is 36.7 Å². The van der Waals surface area contributed by atoms with E-state index in [0.717, 1.165) is 16.6 Å². The van der Waals surface area contributed by atoms with Crippen LogP contribution in [-0.2, 0) is 4.79 Å². The van der Waals surface area contributed by atoms with Gasteiger partial charge in [-0.25, -0.2) is 10.4 Å². The number of nitrogens with zero attached hydrogens (tertiary/aromatic N) is 2. The fourth-order valence-corrected chi connectivity index (χ4v) is 3.11. The molecule has 1 aromatic heterocycles. The van der Waals surface area contributed by atoms with E-state index >= 15 is 0 Å². The SMILES string of the molecule is CCOc1c(/C=N/NC(=O)CSc2nc3ccccc3[nH]2)cccc1OC. The van der Waals surface area contributed by atoms with Crippen LogP contribution < -0.4 is 14.9 Å². The second-order valence-electron chi connectivity index (χ2n) is 5.45. The minimum absolute atomic E-state index is 0.202. The number of aromatic amines is 1. The summed E-state index contributed by atoms with van der Waals surface area (Å²) in [6, 6.07) is 13.2. The minimum atomic E-state index is -0.224. The number of methoxy groups -OCH3 is 1. The Morgan fingerprint density at radius 3 is 2.93 bits per heavy atom. The summed E-state index contributed by atoms with van der Waals surface area (Å²) in [4.78, 5) is 19.6. The third-order valence-electron chi connectivity index (χ3n) is 3.62. The highest BCUT2D eigenvalue weighted by molar-refractivity contribution is 7.99. The second kappa shape index (κ2) is 9.09. The molecule has 1 amide bonds. The van der Waals surface area contributed by atoms with E-state index in [1.54, 1.807) is 7.11 Å². The summed E-state index contributed by atoms with van der Waals surface area (Å²) in [5.41, 5.74) is 5.06. The van der Waals surface area contributed by atoms with Gasteiger partial charge in [-0.3, -0.25) is 4.79 Å². The zero-order valence-corrected chi connectivity index (χ0v) is 15.9. The Bertz CT molecular complexity index is 922. The van der Waals surface area contributed by atoms with Crippen molar-refractivity contribution >= 4 is 34.9 Å². The Kier molecular flexibility index (Phi) is 6.32. The van der Waals surface area contributed by atoms with Gasteiger partial charge in [0.1, 0.15) is 0 Å². The van der Waals surface area contributed by atoms with Crippen LogP contribution in [0.5, 0.6) is 11.5 Å². The number of nitrogens with one attached hydrogen (secondary N) is 2. The molecule has 0 bridgehead atoms. The maximum atomic E-state index is 12.0. The molecule has 0 radical (unpaired) electrons. The summed E-state index contributed by atoms with van der Waals surface area (Å²) in [7, 11) is 1.58. The number of carbonyl (C=O) groups excluding carboxylic acids is 1. The Hall–Kier alpha value is -3.00. The van der Waals surface area contributed by atoms with Crippen LogP contribution in [0.25, 0.3) is 11.0 Å². The fraction of sp³-hybridized carbons (Fsp3) is 0.211. The molecule has 2 aromatic carbocycles. The molecule has 0 unspecified atom stereocenters. The first-order valence-electron chi connectivity index (χ1n) is 8.40. The zero-order chi connectivity index (χ0) is 19.1. The summed E-state index contributed by atoms with van der Waals surface area (Å²) in [6.45, 7) is 2.39. The molecule has 0 fully saturated rings. The molecule has 7 nitrogen and oxygen atoms in total. The van der Waals surface area contributed by atoms with Crippen molar-refractivity contribution in [3.05, 3.63) is 48.0 Å². The molecule has 0 aliphatic heterocycles. The van der Waals surface area contributed by atoms with Gasteiger partial charge in [-0.2, -0.15) is 5.10 Å². The first-order valence-corrected chi connectivity index (χ1v) is 9.39. The largest absolute Gasteiger partial charge is 0.493 e. The molecule has 8 heteroatoms. The summed E-state index contributed by atoms with van der Waals surface area (Å²) in [5, 5.41) is 4.71. The monoisotopic (exact) mass is 384 g/mol. The molecule has 0 aliphatic carbocycles. The molecule has 3 aromatic rings. The summed E-state index contributed by atoms with van der Waals surface area (Å²) in [6.07, 6.45) is 1.54. The van der Waals surface area contributed by atoms with Gasteiger partial charge in [0.15, 0.2) is 16.7 Å². The molecule has 27 heavy (non-hydrogen) atoms. The summed E-state index contributed by atoms with van der Waals surface area (Å²) in [5.74, 6) is 1.19. The summed E-state index contributed by atoms with van der Waals surface area (Å²) < 4.78 is 10.9. The number of carbonyl (C=O) groups is 1. The molecule has 0 atom stereocenters. The molecule has 3 rings (SSSR count). The molecule has 2 N–H and O–H groups in total. The predicted molar refractivity (Wildman–Crippen MR) is 107 cm³/mol. The lowest BCUT2D eigenvalue weighted by Gasteiger charge is -2.11. The van der Waals surface area contributed by atoms with Crippen LogP contribution in [0.3, 0.4) is 0 Å². The van der Waals surface area contributed by atoms with Gasteiger partial charge in [-0.1, -0.05) is 30.0 Å². The number of hydrazone groups is 1. The number of thioether (sulfide) groups is 1. The van der Waals surface area contributed by atoms with Crippen molar-refractivity contribution in [3.63, 3.8) is 0 Å². The third-order valence-corrected chi connectivity index (χ3v) is 4.49. The maximum absolute atomic E-state index is 12.0. The lowest BCUT2D eigenvalue weighted by atomic mass is 10.2. The molecular formula is C19H20N4O3S. The first-order chi connectivity index (χ1) is 13.2. The Morgan fingerprint density at radius 2 is 2.15 bits per heavy atom. The van der Waals surface area contributed by atoms with E-state index in [4.69, 9.17) is 9.47 Å². The number of benzene rings is 2. The molecule has 0 aliphatic rings. The minimum Gasteiger partial charge on any atom is -0.493 e. The molecule has 0 spiro atoms. The van der Waals surface area contributed by atoms with Crippen molar-refractivity contribution in [2.45, 2.75) is 12.1 Å². The van der Waals surface area contributed by atoms with E-state index in [1.165, 1.54) is 18.0 Å². The fourth-order valence-electron chi connectivity index (χ4n) is 2.43. The summed E-state index contributed by atoms with van der Waals surface area (Å²) >= 11 is 1.32. The van der Waals surface area contributed by atoms with Gasteiger partial charge < -0.3 is 14.5 Å². The van der Waals surface area contributed by atoms with Crippen molar-refractivity contribution in [2.75, 3.05) is 19.5 Å². The standard InChI is InChI=1S/C19H20N4O3S/c1-3-26-18-13(7-6-10-16(18)25-2)11-20-23-17(24)12-27-19-21-14-8-4-5-9-15(14)22-19/h4-11H,3,12H2,1-2H3,(H,21,22)(H,23,24)/b20-11+. The number of para-hydroxylation sites is 3.